The van der Waals surface area contributed by atoms with Gasteiger partial charge < -0.3 is 10.2 Å². The minimum Gasteiger partial charge on any atom is -0.353 e. The second-order valence-corrected chi connectivity index (χ2v) is 5.65. The lowest BCUT2D eigenvalue weighted by atomic mass is 10.0. The predicted octanol–water partition coefficient (Wildman–Crippen LogP) is 2.60. The Morgan fingerprint density at radius 1 is 1.11 bits per heavy atom. The zero-order valence-electron chi connectivity index (χ0n) is 12.4. The average Bonchev–Trinajstić information content (AvgIpc) is 2.28. The molecule has 1 atom stereocenters. The minimum atomic E-state index is 0.476. The van der Waals surface area contributed by atoms with Gasteiger partial charge in [-0.2, -0.15) is 0 Å². The molecule has 0 saturated carbocycles. The van der Waals surface area contributed by atoms with Crippen LogP contribution in [-0.2, 0) is 0 Å². The lowest BCUT2D eigenvalue weighted by molar-refractivity contribution is 0.243. The van der Waals surface area contributed by atoms with Crippen molar-refractivity contribution in [2.75, 3.05) is 26.0 Å². The minimum absolute atomic E-state index is 0.476. The first kappa shape index (κ1) is 14.9. The number of hydrogen-bond acceptors (Lipinski definition) is 4. The molecule has 0 saturated heterocycles. The van der Waals surface area contributed by atoms with Gasteiger partial charge in [-0.1, -0.05) is 27.7 Å². The fraction of sp³-hybridized carbons (Fsp3) is 0.714. The Bertz CT molecular complexity index is 335. The SMILES string of the molecule is CC(C)c1cnc(NC[C@H](C(C)C)N(C)C)nc1. The topological polar surface area (TPSA) is 41.1 Å². The molecule has 1 aromatic rings. The molecule has 0 unspecified atom stereocenters. The van der Waals surface area contributed by atoms with E-state index in [1.54, 1.807) is 0 Å². The summed E-state index contributed by atoms with van der Waals surface area (Å²) in [6, 6.07) is 0.485. The third-order valence-electron chi connectivity index (χ3n) is 3.24. The van der Waals surface area contributed by atoms with Gasteiger partial charge in [-0.15, -0.1) is 0 Å². The number of rotatable bonds is 6. The third kappa shape index (κ3) is 4.26. The van der Waals surface area contributed by atoms with Crippen molar-refractivity contribution >= 4 is 5.95 Å². The van der Waals surface area contributed by atoms with Crippen LogP contribution in [0.2, 0.25) is 0 Å². The zero-order chi connectivity index (χ0) is 13.7. The zero-order valence-corrected chi connectivity index (χ0v) is 12.4. The van der Waals surface area contributed by atoms with E-state index < -0.39 is 0 Å². The van der Waals surface area contributed by atoms with E-state index in [9.17, 15) is 0 Å². The number of nitrogens with one attached hydrogen (secondary N) is 1. The quantitative estimate of drug-likeness (QED) is 0.842. The molecule has 1 heterocycles. The van der Waals surface area contributed by atoms with Gasteiger partial charge in [0.15, 0.2) is 0 Å². The summed E-state index contributed by atoms with van der Waals surface area (Å²) in [7, 11) is 4.21. The highest BCUT2D eigenvalue weighted by Crippen LogP contribution is 2.13. The largest absolute Gasteiger partial charge is 0.353 e. The van der Waals surface area contributed by atoms with Gasteiger partial charge in [0, 0.05) is 25.0 Å². The lowest BCUT2D eigenvalue weighted by Crippen LogP contribution is -2.38. The predicted molar refractivity (Wildman–Crippen MR) is 76.9 cm³/mol. The van der Waals surface area contributed by atoms with Crippen molar-refractivity contribution in [3.05, 3.63) is 18.0 Å². The van der Waals surface area contributed by atoms with Gasteiger partial charge in [-0.25, -0.2) is 9.97 Å². The van der Waals surface area contributed by atoms with Crippen molar-refractivity contribution in [1.29, 1.82) is 0 Å². The molecule has 0 aromatic carbocycles. The summed E-state index contributed by atoms with van der Waals surface area (Å²) in [5, 5.41) is 3.31. The van der Waals surface area contributed by atoms with E-state index in [4.69, 9.17) is 0 Å². The summed E-state index contributed by atoms with van der Waals surface area (Å²) in [5.74, 6) is 1.79. The van der Waals surface area contributed by atoms with E-state index in [0.29, 0.717) is 23.8 Å². The van der Waals surface area contributed by atoms with Gasteiger partial charge >= 0.3 is 0 Å². The van der Waals surface area contributed by atoms with E-state index in [0.717, 1.165) is 6.54 Å². The summed E-state index contributed by atoms with van der Waals surface area (Å²) in [5.41, 5.74) is 1.17. The Kier molecular flexibility index (Phi) is 5.54. The fourth-order valence-corrected chi connectivity index (χ4v) is 1.94. The van der Waals surface area contributed by atoms with E-state index in [2.05, 4.69) is 62.0 Å². The van der Waals surface area contributed by atoms with Gasteiger partial charge in [0.25, 0.3) is 0 Å². The van der Waals surface area contributed by atoms with Crippen molar-refractivity contribution in [3.8, 4) is 0 Å². The molecule has 0 spiro atoms. The first-order valence-corrected chi connectivity index (χ1v) is 6.64. The monoisotopic (exact) mass is 250 g/mol. The highest BCUT2D eigenvalue weighted by atomic mass is 15.2. The van der Waals surface area contributed by atoms with Crippen LogP contribution in [0.15, 0.2) is 12.4 Å². The van der Waals surface area contributed by atoms with Crippen molar-refractivity contribution < 1.29 is 0 Å². The van der Waals surface area contributed by atoms with Gasteiger partial charge in [0.05, 0.1) is 0 Å². The summed E-state index contributed by atoms with van der Waals surface area (Å²) in [6.07, 6.45) is 3.81. The Morgan fingerprint density at radius 2 is 1.67 bits per heavy atom. The second kappa shape index (κ2) is 6.69. The molecule has 0 aliphatic heterocycles. The van der Waals surface area contributed by atoms with Crippen molar-refractivity contribution in [3.63, 3.8) is 0 Å². The Morgan fingerprint density at radius 3 is 2.06 bits per heavy atom. The molecule has 4 heteroatoms. The standard InChI is InChI=1S/C14H26N4/c1-10(2)12-7-15-14(16-8-12)17-9-13(11(3)4)18(5)6/h7-8,10-11,13H,9H2,1-6H3,(H,15,16,17)/t13-/m1/s1. The molecule has 0 fully saturated rings. The maximum absolute atomic E-state index is 4.35. The van der Waals surface area contributed by atoms with E-state index in [-0.39, 0.29) is 0 Å². The fourth-order valence-electron chi connectivity index (χ4n) is 1.94. The Hall–Kier alpha value is -1.16. The highest BCUT2D eigenvalue weighted by molar-refractivity contribution is 5.26. The molecule has 1 rings (SSSR count). The van der Waals surface area contributed by atoms with E-state index in [1.165, 1.54) is 5.56 Å². The van der Waals surface area contributed by atoms with Crippen LogP contribution in [0.4, 0.5) is 5.95 Å². The molecule has 0 bridgehead atoms. The van der Waals surface area contributed by atoms with Crippen LogP contribution in [0.1, 0.15) is 39.2 Å². The molecule has 102 valence electrons. The maximum Gasteiger partial charge on any atom is 0.222 e. The van der Waals surface area contributed by atoms with Crippen LogP contribution in [0, 0.1) is 5.92 Å². The van der Waals surface area contributed by atoms with Crippen LogP contribution in [0.5, 0.6) is 0 Å². The number of hydrogen-bond donors (Lipinski definition) is 1. The summed E-state index contributed by atoms with van der Waals surface area (Å²) >= 11 is 0. The van der Waals surface area contributed by atoms with Crippen LogP contribution in [0.25, 0.3) is 0 Å². The van der Waals surface area contributed by atoms with Crippen molar-refractivity contribution in [2.45, 2.75) is 39.7 Å². The van der Waals surface area contributed by atoms with Gasteiger partial charge in [-0.3, -0.25) is 0 Å². The normalized spacial score (nSPS) is 13.4. The van der Waals surface area contributed by atoms with Gasteiger partial charge in [0.1, 0.15) is 0 Å². The number of likely N-dealkylation sites (N-methyl/N-ethyl adjacent to an activating group) is 1. The van der Waals surface area contributed by atoms with Crippen LogP contribution < -0.4 is 5.32 Å². The third-order valence-corrected chi connectivity index (χ3v) is 3.24. The molecule has 0 aliphatic rings. The number of anilines is 1. The molecule has 18 heavy (non-hydrogen) atoms. The molecular weight excluding hydrogens is 224 g/mol. The molecule has 4 nitrogen and oxygen atoms in total. The molecule has 0 radical (unpaired) electrons. The maximum atomic E-state index is 4.35. The molecule has 0 aliphatic carbocycles. The Balaban J connectivity index is 2.57. The molecule has 1 aromatic heterocycles. The van der Waals surface area contributed by atoms with Gasteiger partial charge in [0.2, 0.25) is 5.95 Å². The lowest BCUT2D eigenvalue weighted by Gasteiger charge is -2.28. The van der Waals surface area contributed by atoms with Crippen LogP contribution in [-0.4, -0.2) is 41.5 Å². The second-order valence-electron chi connectivity index (χ2n) is 5.65. The number of nitrogens with zero attached hydrogens (tertiary/aromatic N) is 3. The molecular formula is C14H26N4. The summed E-state index contributed by atoms with van der Waals surface area (Å²) in [6.45, 7) is 9.62. The molecule has 0 amide bonds. The molecule has 1 N–H and O–H groups in total. The smallest absolute Gasteiger partial charge is 0.222 e. The first-order chi connectivity index (χ1) is 8.41. The summed E-state index contributed by atoms with van der Waals surface area (Å²) in [4.78, 5) is 10.9. The van der Waals surface area contributed by atoms with Crippen LogP contribution in [0.3, 0.4) is 0 Å². The van der Waals surface area contributed by atoms with Crippen LogP contribution >= 0.6 is 0 Å². The first-order valence-electron chi connectivity index (χ1n) is 6.64. The van der Waals surface area contributed by atoms with E-state index in [1.807, 2.05) is 12.4 Å². The summed E-state index contributed by atoms with van der Waals surface area (Å²) < 4.78 is 0. The number of aromatic nitrogens is 2. The van der Waals surface area contributed by atoms with Gasteiger partial charge in [-0.05, 0) is 31.5 Å². The van der Waals surface area contributed by atoms with E-state index >= 15 is 0 Å². The van der Waals surface area contributed by atoms with Crippen molar-refractivity contribution in [2.24, 2.45) is 5.92 Å². The average molecular weight is 250 g/mol. The Labute approximate surface area is 111 Å². The highest BCUT2D eigenvalue weighted by Gasteiger charge is 2.15. The van der Waals surface area contributed by atoms with Crippen molar-refractivity contribution in [1.82, 2.24) is 14.9 Å².